The molecule has 0 aliphatic carbocycles. The predicted octanol–water partition coefficient (Wildman–Crippen LogP) is 4.44. The fourth-order valence-corrected chi connectivity index (χ4v) is 4.57. The number of aromatic nitrogens is 2. The molecule has 5 N–H and O–H groups in total. The van der Waals surface area contributed by atoms with E-state index in [1.807, 2.05) is 36.4 Å². The van der Waals surface area contributed by atoms with Crippen molar-refractivity contribution >= 4 is 34.6 Å². The maximum Gasteiger partial charge on any atom is 0.244 e. The Morgan fingerprint density at radius 2 is 1.76 bits per heavy atom. The largest absolute Gasteiger partial charge is 0.494 e. The molecule has 2 aromatic carbocycles. The first kappa shape index (κ1) is 29.6. The lowest BCUT2D eigenvalue weighted by atomic mass is 9.93. The van der Waals surface area contributed by atoms with Gasteiger partial charge in [-0.25, -0.2) is 0 Å². The molecule has 10 nitrogen and oxygen atoms in total. The molecule has 1 unspecified atom stereocenters. The van der Waals surface area contributed by atoms with Crippen molar-refractivity contribution in [1.82, 2.24) is 20.6 Å². The first-order chi connectivity index (χ1) is 20.1. The van der Waals surface area contributed by atoms with E-state index in [0.717, 1.165) is 16.5 Å². The first-order valence-electron chi connectivity index (χ1n) is 13.3. The second-order valence-electron chi connectivity index (χ2n) is 10.3. The second-order valence-corrected chi connectivity index (χ2v) is 10.3. The molecule has 0 bridgehead atoms. The topological polar surface area (TPSA) is 168 Å². The molecule has 42 heavy (non-hydrogen) atoms. The van der Waals surface area contributed by atoms with E-state index >= 15 is 0 Å². The van der Waals surface area contributed by atoms with Crippen LogP contribution >= 0.6 is 0 Å². The molecule has 2 atom stereocenters. The Balaban J connectivity index is 1.56. The molecule has 214 valence electrons. The third-order valence-electron chi connectivity index (χ3n) is 6.90. The number of ketones is 1. The molecule has 2 amide bonds. The molecule has 0 aliphatic heterocycles. The van der Waals surface area contributed by atoms with Gasteiger partial charge in [0.1, 0.15) is 0 Å². The first-order valence-corrected chi connectivity index (χ1v) is 13.3. The Morgan fingerprint density at radius 3 is 2.40 bits per heavy atom. The van der Waals surface area contributed by atoms with Gasteiger partial charge in [-0.3, -0.25) is 24.4 Å². The summed E-state index contributed by atoms with van der Waals surface area (Å²) in [6.45, 7) is 4.99. The minimum atomic E-state index is -1.00. The SMILES string of the molecule is Cc1c(O)[nH]c(O)c1C(=O)[C@@H](NC(=O)CC(NC(=O)C=Cc1ccc(C#N)cc1)c1cnc2ccccc2c1)C(C)C. The van der Waals surface area contributed by atoms with Crippen LogP contribution in [0, 0.1) is 24.2 Å². The number of carbonyl (C=O) groups is 3. The number of Topliss-reactive ketones (excluding diaryl/α,β-unsaturated/α-hetero) is 1. The van der Waals surface area contributed by atoms with Gasteiger partial charge in [-0.15, -0.1) is 0 Å². The number of amides is 2. The number of pyridine rings is 1. The van der Waals surface area contributed by atoms with Crippen molar-refractivity contribution < 1.29 is 24.6 Å². The number of benzene rings is 2. The van der Waals surface area contributed by atoms with E-state index in [1.54, 1.807) is 50.4 Å². The summed E-state index contributed by atoms with van der Waals surface area (Å²) in [6.07, 6.45) is 4.34. The van der Waals surface area contributed by atoms with Gasteiger partial charge in [-0.1, -0.05) is 44.2 Å². The van der Waals surface area contributed by atoms with Gasteiger partial charge in [0.15, 0.2) is 11.7 Å². The normalized spacial score (nSPS) is 12.6. The fourth-order valence-electron chi connectivity index (χ4n) is 4.57. The Labute approximate surface area is 242 Å². The molecule has 0 fully saturated rings. The average Bonchev–Trinajstić information content (AvgIpc) is 3.24. The van der Waals surface area contributed by atoms with Crippen molar-refractivity contribution in [2.24, 2.45) is 5.92 Å². The summed E-state index contributed by atoms with van der Waals surface area (Å²) in [7, 11) is 0. The fraction of sp³-hybridized carbons (Fsp3) is 0.219. The minimum Gasteiger partial charge on any atom is -0.494 e. The van der Waals surface area contributed by atoms with Gasteiger partial charge < -0.3 is 20.8 Å². The average molecular weight is 566 g/mol. The number of rotatable bonds is 10. The van der Waals surface area contributed by atoms with E-state index in [2.05, 4.69) is 20.6 Å². The van der Waals surface area contributed by atoms with E-state index in [4.69, 9.17) is 5.26 Å². The van der Waals surface area contributed by atoms with Crippen molar-refractivity contribution in [2.45, 2.75) is 39.3 Å². The van der Waals surface area contributed by atoms with Gasteiger partial charge in [0, 0.05) is 23.2 Å². The summed E-state index contributed by atoms with van der Waals surface area (Å²) in [6, 6.07) is 16.3. The number of hydrogen-bond donors (Lipinski definition) is 5. The molecule has 0 saturated carbocycles. The lowest BCUT2D eigenvalue weighted by Gasteiger charge is -2.24. The number of aromatic hydroxyl groups is 2. The smallest absolute Gasteiger partial charge is 0.244 e. The molecule has 4 aromatic rings. The standard InChI is InChI=1S/C32H31N5O5/c1-18(2)29(30(40)28-19(3)31(41)37-32(28)42)36-27(39)15-25(23-14-22-6-4-5-7-24(22)34-17-23)35-26(38)13-12-20-8-10-21(16-33)11-9-20/h4-14,17-18,25,29,37,41-42H,15H2,1-3H3,(H,35,38)(H,36,39)/t25?,29-/m0/s1. The number of H-pyrrole nitrogens is 1. The minimum absolute atomic E-state index is 0.0944. The Hall–Kier alpha value is -5.43. The van der Waals surface area contributed by atoms with Crippen LogP contribution in [0.3, 0.4) is 0 Å². The molecule has 0 saturated heterocycles. The molecule has 0 radical (unpaired) electrons. The molecule has 0 spiro atoms. The number of carbonyl (C=O) groups excluding carboxylic acids is 3. The van der Waals surface area contributed by atoms with E-state index in [0.29, 0.717) is 11.1 Å². The van der Waals surface area contributed by atoms with Crippen LogP contribution in [0.15, 0.2) is 66.9 Å². The number of para-hydroxylation sites is 1. The highest BCUT2D eigenvalue weighted by Crippen LogP contribution is 2.30. The van der Waals surface area contributed by atoms with Crippen LogP contribution in [0.2, 0.25) is 0 Å². The van der Waals surface area contributed by atoms with Crippen LogP contribution in [0.5, 0.6) is 11.8 Å². The van der Waals surface area contributed by atoms with Crippen LogP contribution in [-0.4, -0.2) is 43.8 Å². The molecular weight excluding hydrogens is 534 g/mol. The third kappa shape index (κ3) is 6.82. The highest BCUT2D eigenvalue weighted by atomic mass is 16.3. The number of hydrogen-bond acceptors (Lipinski definition) is 7. The van der Waals surface area contributed by atoms with Crippen LogP contribution in [0.25, 0.3) is 17.0 Å². The molecule has 10 heteroatoms. The van der Waals surface area contributed by atoms with Crippen molar-refractivity contribution in [2.75, 3.05) is 0 Å². The van der Waals surface area contributed by atoms with Gasteiger partial charge in [-0.2, -0.15) is 5.26 Å². The quantitative estimate of drug-likeness (QED) is 0.140. The van der Waals surface area contributed by atoms with E-state index in [-0.39, 0.29) is 29.3 Å². The maximum absolute atomic E-state index is 13.3. The van der Waals surface area contributed by atoms with Crippen molar-refractivity contribution in [1.29, 1.82) is 5.26 Å². The summed E-state index contributed by atoms with van der Waals surface area (Å²) in [5, 5.41) is 35.5. The number of aromatic amines is 1. The number of nitrogens with zero attached hydrogens (tertiary/aromatic N) is 2. The molecule has 4 rings (SSSR count). The summed E-state index contributed by atoms with van der Waals surface area (Å²) in [5.74, 6) is -2.66. The van der Waals surface area contributed by atoms with Crippen LogP contribution < -0.4 is 10.6 Å². The van der Waals surface area contributed by atoms with Crippen LogP contribution in [0.1, 0.15) is 58.9 Å². The molecular formula is C32H31N5O5. The Kier molecular flexibility index (Phi) is 9.02. The second kappa shape index (κ2) is 12.8. The van der Waals surface area contributed by atoms with E-state index in [1.165, 1.54) is 13.0 Å². The summed E-state index contributed by atoms with van der Waals surface area (Å²) < 4.78 is 0. The summed E-state index contributed by atoms with van der Waals surface area (Å²) in [4.78, 5) is 46.4. The third-order valence-corrected chi connectivity index (χ3v) is 6.90. The van der Waals surface area contributed by atoms with Crippen molar-refractivity contribution in [3.63, 3.8) is 0 Å². The van der Waals surface area contributed by atoms with Gasteiger partial charge in [0.25, 0.3) is 0 Å². The molecule has 0 aliphatic rings. The van der Waals surface area contributed by atoms with Gasteiger partial charge in [0.05, 0.1) is 41.2 Å². The van der Waals surface area contributed by atoms with Crippen molar-refractivity contribution in [3.05, 3.63) is 94.7 Å². The lowest BCUT2D eigenvalue weighted by molar-refractivity contribution is -0.123. The highest BCUT2D eigenvalue weighted by Gasteiger charge is 2.31. The maximum atomic E-state index is 13.3. The number of nitriles is 1. The van der Waals surface area contributed by atoms with Crippen LogP contribution in [-0.2, 0) is 9.59 Å². The van der Waals surface area contributed by atoms with Gasteiger partial charge in [0.2, 0.25) is 17.7 Å². The van der Waals surface area contributed by atoms with E-state index < -0.39 is 35.6 Å². The molecule has 2 heterocycles. The van der Waals surface area contributed by atoms with Crippen molar-refractivity contribution in [3.8, 4) is 17.8 Å². The summed E-state index contributed by atoms with van der Waals surface area (Å²) in [5.41, 5.74) is 2.66. The zero-order chi connectivity index (χ0) is 30.4. The number of nitrogens with one attached hydrogen (secondary N) is 3. The van der Waals surface area contributed by atoms with Gasteiger partial charge in [-0.05, 0) is 54.3 Å². The Morgan fingerprint density at radius 1 is 1.05 bits per heavy atom. The number of fused-ring (bicyclic) bond motifs is 1. The summed E-state index contributed by atoms with van der Waals surface area (Å²) >= 11 is 0. The zero-order valence-electron chi connectivity index (χ0n) is 23.4. The lowest BCUT2D eigenvalue weighted by Crippen LogP contribution is -2.45. The predicted molar refractivity (Wildman–Crippen MR) is 157 cm³/mol. The monoisotopic (exact) mass is 565 g/mol. The zero-order valence-corrected chi connectivity index (χ0v) is 23.4. The van der Waals surface area contributed by atoms with Gasteiger partial charge >= 0.3 is 0 Å². The Bertz CT molecular complexity index is 1700. The van der Waals surface area contributed by atoms with E-state index in [9.17, 15) is 24.6 Å². The van der Waals surface area contributed by atoms with Crippen LogP contribution in [0.4, 0.5) is 0 Å². The molecule has 2 aromatic heterocycles. The highest BCUT2D eigenvalue weighted by molar-refractivity contribution is 6.05.